The lowest BCUT2D eigenvalue weighted by Crippen LogP contribution is -2.26. The lowest BCUT2D eigenvalue weighted by molar-refractivity contribution is -0.385. The molecule has 138 valence electrons. The molecule has 26 heavy (non-hydrogen) atoms. The first-order valence-corrected chi connectivity index (χ1v) is 8.34. The predicted octanol–water partition coefficient (Wildman–Crippen LogP) is 2.93. The Morgan fingerprint density at radius 3 is 2.38 bits per heavy atom. The summed E-state index contributed by atoms with van der Waals surface area (Å²) in [5.41, 5.74) is 0.621. The van der Waals surface area contributed by atoms with E-state index in [4.69, 9.17) is 9.47 Å². The second-order valence-corrected chi connectivity index (χ2v) is 5.47. The smallest absolute Gasteiger partial charge is 0.324 e. The predicted molar refractivity (Wildman–Crippen MR) is 93.2 cm³/mol. The third-order valence-electron chi connectivity index (χ3n) is 3.73. The number of aromatic nitrogens is 1. The van der Waals surface area contributed by atoms with Crippen LogP contribution in [0, 0.1) is 10.1 Å². The molecule has 0 aliphatic heterocycles. The normalized spacial score (nSPS) is 13.3. The van der Waals surface area contributed by atoms with E-state index in [2.05, 4.69) is 4.98 Å². The van der Waals surface area contributed by atoms with Crippen LogP contribution in [0.25, 0.3) is 5.57 Å². The van der Waals surface area contributed by atoms with E-state index in [1.165, 1.54) is 12.3 Å². The zero-order valence-corrected chi connectivity index (χ0v) is 14.6. The summed E-state index contributed by atoms with van der Waals surface area (Å²) in [5, 5.41) is 11.5. The fourth-order valence-electron chi connectivity index (χ4n) is 2.60. The maximum absolute atomic E-state index is 12.2. The number of carbonyl (C=O) groups excluding carboxylic acids is 2. The van der Waals surface area contributed by atoms with E-state index in [-0.39, 0.29) is 30.2 Å². The van der Waals surface area contributed by atoms with Crippen molar-refractivity contribution in [3.63, 3.8) is 0 Å². The van der Waals surface area contributed by atoms with Gasteiger partial charge in [-0.25, -0.2) is 4.98 Å². The van der Waals surface area contributed by atoms with E-state index in [0.29, 0.717) is 5.57 Å². The molecule has 1 aromatic rings. The zero-order chi connectivity index (χ0) is 19.1. The van der Waals surface area contributed by atoms with Crippen molar-refractivity contribution in [3.8, 4) is 0 Å². The molecule has 2 rings (SSSR count). The van der Waals surface area contributed by atoms with Crippen molar-refractivity contribution >= 4 is 23.2 Å². The number of ether oxygens (including phenoxy) is 2. The summed E-state index contributed by atoms with van der Waals surface area (Å²) in [5.74, 6) is -3.07. The van der Waals surface area contributed by atoms with Crippen molar-refractivity contribution in [2.45, 2.75) is 32.6 Å². The summed E-state index contributed by atoms with van der Waals surface area (Å²) in [7, 11) is 0. The van der Waals surface area contributed by atoms with E-state index < -0.39 is 22.8 Å². The van der Waals surface area contributed by atoms with Crippen LogP contribution in [-0.2, 0) is 19.1 Å². The highest BCUT2D eigenvalue weighted by molar-refractivity contribution is 6.01. The van der Waals surface area contributed by atoms with Gasteiger partial charge in [0.2, 0.25) is 0 Å². The Morgan fingerprint density at radius 1 is 1.23 bits per heavy atom. The number of rotatable bonds is 7. The van der Waals surface area contributed by atoms with Gasteiger partial charge in [0, 0.05) is 23.4 Å². The molecule has 0 N–H and O–H groups in total. The molecule has 0 radical (unpaired) electrons. The van der Waals surface area contributed by atoms with Crippen molar-refractivity contribution in [3.05, 3.63) is 51.9 Å². The monoisotopic (exact) mass is 360 g/mol. The van der Waals surface area contributed by atoms with Gasteiger partial charge < -0.3 is 9.47 Å². The summed E-state index contributed by atoms with van der Waals surface area (Å²) in [4.78, 5) is 39.5. The van der Waals surface area contributed by atoms with Gasteiger partial charge in [0.25, 0.3) is 5.69 Å². The van der Waals surface area contributed by atoms with Crippen LogP contribution in [0.5, 0.6) is 0 Å². The van der Waals surface area contributed by atoms with Crippen LogP contribution in [0.1, 0.15) is 43.9 Å². The van der Waals surface area contributed by atoms with Crippen molar-refractivity contribution in [1.82, 2.24) is 4.98 Å². The van der Waals surface area contributed by atoms with Crippen molar-refractivity contribution in [2.24, 2.45) is 0 Å². The lowest BCUT2D eigenvalue weighted by atomic mass is 9.97. The maximum Gasteiger partial charge on any atom is 0.324 e. The Kier molecular flexibility index (Phi) is 6.60. The number of carbonyl (C=O) groups is 2. The zero-order valence-electron chi connectivity index (χ0n) is 14.6. The molecule has 0 unspecified atom stereocenters. The molecule has 1 aromatic heterocycles. The fourth-order valence-corrected chi connectivity index (χ4v) is 2.60. The first-order chi connectivity index (χ1) is 12.5. The minimum absolute atomic E-state index is 0.0674. The fraction of sp³-hybridized carbons (Fsp3) is 0.389. The summed E-state index contributed by atoms with van der Waals surface area (Å²) in [6.45, 7) is 3.34. The number of nitrogens with zero attached hydrogens (tertiary/aromatic N) is 2. The number of allylic oxidation sites excluding steroid dienone is 4. The summed E-state index contributed by atoms with van der Waals surface area (Å²) in [6, 6.07) is 1.18. The standard InChI is InChI=1S/C18H20N2O6/c1-3-25-17(21)15(18(22)26-4-2)13-10-14(20(23)24)16(19-11-13)12-8-6-5-7-9-12/h6,8-11,15H,3-5,7H2,1-2H3. The average molecular weight is 360 g/mol. The second-order valence-electron chi connectivity index (χ2n) is 5.47. The third-order valence-corrected chi connectivity index (χ3v) is 3.73. The Hall–Kier alpha value is -3.03. The van der Waals surface area contributed by atoms with Crippen molar-refractivity contribution in [1.29, 1.82) is 0 Å². The SMILES string of the molecule is CCOC(=O)C(C(=O)OCC)c1cnc(C2=CCCC=C2)c([N+](=O)[O-])c1. The van der Waals surface area contributed by atoms with E-state index >= 15 is 0 Å². The Balaban J connectivity index is 2.49. The van der Waals surface area contributed by atoms with Crippen LogP contribution in [-0.4, -0.2) is 35.1 Å². The molecular formula is C18H20N2O6. The Bertz CT molecular complexity index is 751. The minimum atomic E-state index is -1.41. The van der Waals surface area contributed by atoms with Gasteiger partial charge in [0.15, 0.2) is 5.92 Å². The van der Waals surface area contributed by atoms with Gasteiger partial charge in [-0.2, -0.15) is 0 Å². The largest absolute Gasteiger partial charge is 0.465 e. The molecule has 0 spiro atoms. The third kappa shape index (κ3) is 4.33. The average Bonchev–Trinajstić information content (AvgIpc) is 2.63. The lowest BCUT2D eigenvalue weighted by Gasteiger charge is -2.15. The van der Waals surface area contributed by atoms with E-state index in [0.717, 1.165) is 12.8 Å². The first-order valence-electron chi connectivity index (χ1n) is 8.34. The van der Waals surface area contributed by atoms with Gasteiger partial charge >= 0.3 is 11.9 Å². The van der Waals surface area contributed by atoms with E-state index in [9.17, 15) is 19.7 Å². The number of pyridine rings is 1. The van der Waals surface area contributed by atoms with Gasteiger partial charge in [-0.05, 0) is 26.7 Å². The quantitative estimate of drug-likeness (QED) is 0.318. The molecule has 8 nitrogen and oxygen atoms in total. The summed E-state index contributed by atoms with van der Waals surface area (Å²) < 4.78 is 9.83. The van der Waals surface area contributed by atoms with Gasteiger partial charge in [-0.1, -0.05) is 18.2 Å². The van der Waals surface area contributed by atoms with Gasteiger partial charge in [-0.3, -0.25) is 19.7 Å². The van der Waals surface area contributed by atoms with Crippen LogP contribution in [0.3, 0.4) is 0 Å². The number of hydrogen-bond acceptors (Lipinski definition) is 7. The second kappa shape index (κ2) is 8.89. The molecule has 0 atom stereocenters. The first kappa shape index (κ1) is 19.3. The highest BCUT2D eigenvalue weighted by Crippen LogP contribution is 2.31. The van der Waals surface area contributed by atoms with Crippen LogP contribution in [0.4, 0.5) is 5.69 Å². The molecule has 0 bridgehead atoms. The molecule has 0 amide bonds. The van der Waals surface area contributed by atoms with E-state index in [1.807, 2.05) is 12.2 Å². The van der Waals surface area contributed by atoms with Crippen LogP contribution < -0.4 is 0 Å². The van der Waals surface area contributed by atoms with Gasteiger partial charge in [-0.15, -0.1) is 0 Å². The molecule has 0 saturated heterocycles. The summed E-state index contributed by atoms with van der Waals surface area (Å²) in [6.07, 6.45) is 8.46. The molecular weight excluding hydrogens is 340 g/mol. The minimum Gasteiger partial charge on any atom is -0.465 e. The van der Waals surface area contributed by atoms with Gasteiger partial charge in [0.1, 0.15) is 5.69 Å². The number of esters is 2. The van der Waals surface area contributed by atoms with Crippen LogP contribution in [0.15, 0.2) is 30.5 Å². The summed E-state index contributed by atoms with van der Waals surface area (Å²) >= 11 is 0. The Morgan fingerprint density at radius 2 is 1.88 bits per heavy atom. The highest BCUT2D eigenvalue weighted by Gasteiger charge is 2.34. The van der Waals surface area contributed by atoms with Gasteiger partial charge in [0.05, 0.1) is 18.1 Å². The number of hydrogen-bond donors (Lipinski definition) is 0. The molecule has 1 aliphatic rings. The van der Waals surface area contributed by atoms with Crippen molar-refractivity contribution < 1.29 is 24.0 Å². The van der Waals surface area contributed by atoms with Crippen molar-refractivity contribution in [2.75, 3.05) is 13.2 Å². The molecule has 0 aromatic carbocycles. The highest BCUT2D eigenvalue weighted by atomic mass is 16.6. The molecule has 1 aliphatic carbocycles. The maximum atomic E-state index is 12.2. The van der Waals surface area contributed by atoms with Crippen LogP contribution >= 0.6 is 0 Å². The van der Waals surface area contributed by atoms with Crippen LogP contribution in [0.2, 0.25) is 0 Å². The van der Waals surface area contributed by atoms with E-state index in [1.54, 1.807) is 19.9 Å². The topological polar surface area (TPSA) is 109 Å². The molecule has 0 saturated carbocycles. The number of nitro groups is 1. The molecule has 0 fully saturated rings. The molecule has 8 heteroatoms. The molecule has 1 heterocycles. The Labute approximate surface area is 150 Å².